The maximum atomic E-state index is 14.3. The lowest BCUT2D eigenvalue weighted by atomic mass is 10.1. The van der Waals surface area contributed by atoms with Crippen LogP contribution in [0, 0.1) is 17.1 Å². The van der Waals surface area contributed by atoms with Gasteiger partial charge in [0, 0.05) is 36.4 Å². The molecule has 4 heterocycles. The van der Waals surface area contributed by atoms with Gasteiger partial charge in [-0.2, -0.15) is 5.26 Å². The number of benzene rings is 2. The molecule has 2 aromatic heterocycles. The van der Waals surface area contributed by atoms with Crippen molar-refractivity contribution in [2.24, 2.45) is 0 Å². The fraction of sp³-hybridized carbons (Fsp3) is 0.375. The fourth-order valence-electron chi connectivity index (χ4n) is 5.37. The van der Waals surface area contributed by atoms with Gasteiger partial charge in [0.15, 0.2) is 0 Å². The molecule has 2 saturated heterocycles. The van der Waals surface area contributed by atoms with E-state index in [0.29, 0.717) is 40.7 Å². The van der Waals surface area contributed by atoms with Gasteiger partial charge in [0.1, 0.15) is 17.7 Å². The summed E-state index contributed by atoms with van der Waals surface area (Å²) in [5.74, 6) is 1.25. The molecule has 0 saturated carbocycles. The minimum absolute atomic E-state index is 0.0485. The van der Waals surface area contributed by atoms with Gasteiger partial charge in [0.05, 0.1) is 60.2 Å². The maximum absolute atomic E-state index is 14.3. The van der Waals surface area contributed by atoms with Gasteiger partial charge in [-0.25, -0.2) is 19.2 Å². The summed E-state index contributed by atoms with van der Waals surface area (Å²) in [4.78, 5) is 24.6. The molecule has 222 valence electrons. The Morgan fingerprint density at radius 1 is 1.14 bits per heavy atom. The van der Waals surface area contributed by atoms with Crippen molar-refractivity contribution in [1.82, 2.24) is 19.4 Å². The Morgan fingerprint density at radius 2 is 1.98 bits per heavy atom. The van der Waals surface area contributed by atoms with Crippen LogP contribution in [0.25, 0.3) is 11.0 Å². The van der Waals surface area contributed by atoms with E-state index < -0.39 is 5.82 Å². The highest BCUT2D eigenvalue weighted by molar-refractivity contribution is 7.98. The molecule has 43 heavy (non-hydrogen) atoms. The number of aromatic nitrogens is 3. The molecule has 0 spiro atoms. The van der Waals surface area contributed by atoms with Crippen LogP contribution in [0.5, 0.6) is 5.88 Å². The summed E-state index contributed by atoms with van der Waals surface area (Å²) in [5.41, 5.74) is 3.38. The molecule has 6 rings (SSSR count). The van der Waals surface area contributed by atoms with Crippen LogP contribution < -0.4 is 4.74 Å². The van der Waals surface area contributed by atoms with Crippen LogP contribution in [0.4, 0.5) is 4.39 Å². The first kappa shape index (κ1) is 29.1. The number of nitriles is 1. The topological polar surface area (TPSA) is 102 Å². The monoisotopic (exact) mass is 601 g/mol. The lowest BCUT2D eigenvalue weighted by molar-refractivity contribution is -0.0592. The van der Waals surface area contributed by atoms with Crippen LogP contribution in [-0.2, 0) is 28.3 Å². The molecular formula is C32H32FN5O4S. The van der Waals surface area contributed by atoms with Gasteiger partial charge in [-0.3, -0.25) is 4.90 Å². The summed E-state index contributed by atoms with van der Waals surface area (Å²) in [6.45, 7) is 3.88. The maximum Gasteiger partial charge on any atom is 0.337 e. The van der Waals surface area contributed by atoms with Crippen LogP contribution in [-0.4, -0.2) is 64.4 Å². The average Bonchev–Trinajstić information content (AvgIpc) is 3.34. The highest BCUT2D eigenvalue weighted by Gasteiger charge is 2.26. The second kappa shape index (κ2) is 13.1. The van der Waals surface area contributed by atoms with E-state index in [4.69, 9.17) is 24.5 Å². The van der Waals surface area contributed by atoms with Crippen molar-refractivity contribution in [2.45, 2.75) is 55.2 Å². The highest BCUT2D eigenvalue weighted by Crippen LogP contribution is 2.28. The third-order valence-corrected chi connectivity index (χ3v) is 8.91. The predicted octanol–water partition coefficient (Wildman–Crippen LogP) is 5.35. The van der Waals surface area contributed by atoms with Crippen LogP contribution >= 0.6 is 11.8 Å². The molecular weight excluding hydrogens is 569 g/mol. The second-order valence-corrected chi connectivity index (χ2v) is 11.7. The number of imidazole rings is 1. The molecule has 0 unspecified atom stereocenters. The number of carbonyl (C=O) groups is 1. The number of halogens is 1. The van der Waals surface area contributed by atoms with Crippen molar-refractivity contribution < 1.29 is 23.4 Å². The average molecular weight is 602 g/mol. The zero-order chi connectivity index (χ0) is 29.8. The van der Waals surface area contributed by atoms with Gasteiger partial charge in [0.25, 0.3) is 0 Å². The summed E-state index contributed by atoms with van der Waals surface area (Å²) >= 11 is 1.34. The number of hydrogen-bond donors (Lipinski definition) is 0. The second-order valence-electron chi connectivity index (χ2n) is 10.7. The van der Waals surface area contributed by atoms with Crippen LogP contribution in [0.15, 0.2) is 59.5 Å². The number of esters is 1. The van der Waals surface area contributed by atoms with Crippen molar-refractivity contribution >= 4 is 28.8 Å². The zero-order valence-electron chi connectivity index (χ0n) is 23.9. The Labute approximate surface area is 253 Å². The van der Waals surface area contributed by atoms with Crippen LogP contribution in [0.3, 0.4) is 0 Å². The summed E-state index contributed by atoms with van der Waals surface area (Å²) in [5, 5.41) is 8.94. The summed E-state index contributed by atoms with van der Waals surface area (Å²) in [6.07, 6.45) is 2.93. The molecule has 11 heteroatoms. The third kappa shape index (κ3) is 6.82. The number of carbonyl (C=O) groups excluding carboxylic acids is 1. The molecule has 2 aromatic carbocycles. The van der Waals surface area contributed by atoms with E-state index in [1.165, 1.54) is 24.9 Å². The number of hydrogen-bond acceptors (Lipinski definition) is 9. The molecule has 4 aromatic rings. The van der Waals surface area contributed by atoms with E-state index in [1.807, 2.05) is 36.4 Å². The minimum atomic E-state index is -0.402. The Morgan fingerprint density at radius 3 is 2.70 bits per heavy atom. The quantitative estimate of drug-likeness (QED) is 0.176. The molecule has 2 aliphatic heterocycles. The van der Waals surface area contributed by atoms with E-state index in [2.05, 4.69) is 14.5 Å². The van der Waals surface area contributed by atoms with Crippen molar-refractivity contribution in [3.05, 3.63) is 83.1 Å². The third-order valence-electron chi connectivity index (χ3n) is 7.83. The highest BCUT2D eigenvalue weighted by atomic mass is 32.2. The number of likely N-dealkylation sites (tertiary alicyclic amines) is 1. The molecule has 2 aliphatic rings. The van der Waals surface area contributed by atoms with Gasteiger partial charge in [-0.15, -0.1) is 11.8 Å². The first-order valence-corrected chi connectivity index (χ1v) is 15.3. The molecule has 0 radical (unpaired) electrons. The van der Waals surface area contributed by atoms with Gasteiger partial charge in [-0.1, -0.05) is 6.07 Å². The van der Waals surface area contributed by atoms with Gasteiger partial charge >= 0.3 is 5.97 Å². The smallest absolute Gasteiger partial charge is 0.337 e. The molecule has 0 N–H and O–H groups in total. The van der Waals surface area contributed by atoms with Gasteiger partial charge in [0.2, 0.25) is 5.88 Å². The van der Waals surface area contributed by atoms with Crippen molar-refractivity contribution in [1.29, 1.82) is 5.26 Å². The van der Waals surface area contributed by atoms with Crippen molar-refractivity contribution in [2.75, 3.05) is 26.8 Å². The SMILES string of the molecule is COC(=O)c1ccc2nc(CN3CCC(Oc4cccc(CSc5ccc(C#N)cc5F)n4)CC3)n(C[C@@H]3CCO3)c2c1. The minimum Gasteiger partial charge on any atom is -0.474 e. The van der Waals surface area contributed by atoms with Crippen molar-refractivity contribution in [3.63, 3.8) is 0 Å². The molecule has 1 atom stereocenters. The number of methoxy groups -OCH3 is 1. The number of fused-ring (bicyclic) bond motifs is 1. The largest absolute Gasteiger partial charge is 0.474 e. The lowest BCUT2D eigenvalue weighted by Crippen LogP contribution is -2.39. The molecule has 0 aliphatic carbocycles. The molecule has 0 bridgehead atoms. The Kier molecular flexibility index (Phi) is 8.88. The van der Waals surface area contributed by atoms with E-state index in [1.54, 1.807) is 18.2 Å². The van der Waals surface area contributed by atoms with Crippen LogP contribution in [0.1, 0.15) is 46.7 Å². The van der Waals surface area contributed by atoms with Crippen LogP contribution in [0.2, 0.25) is 0 Å². The summed E-state index contributed by atoms with van der Waals surface area (Å²) < 4.78 is 33.3. The Balaban J connectivity index is 1.06. The number of pyridine rings is 1. The van der Waals surface area contributed by atoms with Crippen molar-refractivity contribution in [3.8, 4) is 11.9 Å². The van der Waals surface area contributed by atoms with E-state index >= 15 is 0 Å². The number of nitrogens with zero attached hydrogens (tertiary/aromatic N) is 5. The fourth-order valence-corrected chi connectivity index (χ4v) is 6.20. The standard InChI is InChI=1S/C32H32FN5O4S/c1-40-32(39)22-6-7-27-28(16-22)38(18-25-11-14-41-25)30(36-27)19-37-12-9-24(10-13-37)42-31-4-2-3-23(35-31)20-43-29-8-5-21(17-34)15-26(29)33/h2-8,15-16,24-25H,9-14,18-20H2,1H3/t25-/m0/s1. The summed E-state index contributed by atoms with van der Waals surface area (Å²) in [6, 6.07) is 17.6. The molecule has 9 nitrogen and oxygen atoms in total. The first-order chi connectivity index (χ1) is 21.0. The number of rotatable bonds is 10. The Bertz CT molecular complexity index is 1660. The lowest BCUT2D eigenvalue weighted by Gasteiger charge is -2.32. The number of ether oxygens (including phenoxy) is 3. The zero-order valence-corrected chi connectivity index (χ0v) is 24.7. The van der Waals surface area contributed by atoms with E-state index in [0.717, 1.165) is 61.5 Å². The predicted molar refractivity (Wildman–Crippen MR) is 159 cm³/mol. The van der Waals surface area contributed by atoms with E-state index in [-0.39, 0.29) is 18.2 Å². The van der Waals surface area contributed by atoms with E-state index in [9.17, 15) is 9.18 Å². The normalized spacial score (nSPS) is 17.4. The summed E-state index contributed by atoms with van der Waals surface area (Å²) in [7, 11) is 1.39. The van der Waals surface area contributed by atoms with Gasteiger partial charge < -0.3 is 18.8 Å². The number of piperidine rings is 1. The first-order valence-electron chi connectivity index (χ1n) is 14.4. The molecule has 2 fully saturated rings. The Hall–Kier alpha value is -3.98. The number of thioether (sulfide) groups is 1. The van der Waals surface area contributed by atoms with Gasteiger partial charge in [-0.05, 0) is 61.7 Å². The molecule has 0 amide bonds.